The van der Waals surface area contributed by atoms with Crippen molar-refractivity contribution in [3.8, 4) is 0 Å². The average molecular weight is 318 g/mol. The van der Waals surface area contributed by atoms with E-state index in [1.807, 2.05) is 0 Å². The van der Waals surface area contributed by atoms with E-state index < -0.39 is 0 Å². The zero-order chi connectivity index (χ0) is 14.2. The summed E-state index contributed by atoms with van der Waals surface area (Å²) in [6, 6.07) is 0.263. The van der Waals surface area contributed by atoms with E-state index in [1.165, 1.54) is 25.7 Å². The first kappa shape index (κ1) is 18.2. The molecule has 0 spiro atoms. The third-order valence-corrected chi connectivity index (χ3v) is 4.40. The minimum absolute atomic E-state index is 0. The van der Waals surface area contributed by atoms with E-state index in [9.17, 15) is 9.59 Å². The first-order valence-corrected chi connectivity index (χ1v) is 8.01. The fourth-order valence-corrected chi connectivity index (χ4v) is 3.15. The predicted molar refractivity (Wildman–Crippen MR) is 85.5 cm³/mol. The van der Waals surface area contributed by atoms with Crippen molar-refractivity contribution in [2.75, 3.05) is 19.6 Å². The second-order valence-corrected chi connectivity index (χ2v) is 6.06. The Morgan fingerprint density at radius 1 is 1.00 bits per heavy atom. The molecule has 0 radical (unpaired) electrons. The van der Waals surface area contributed by atoms with Gasteiger partial charge in [0.1, 0.15) is 0 Å². The van der Waals surface area contributed by atoms with Gasteiger partial charge in [0.15, 0.2) is 0 Å². The highest BCUT2D eigenvalue weighted by Crippen LogP contribution is 2.28. The summed E-state index contributed by atoms with van der Waals surface area (Å²) < 4.78 is 0. The molecule has 2 fully saturated rings. The quantitative estimate of drug-likeness (QED) is 0.693. The average Bonchev–Trinajstić information content (AvgIpc) is 2.97. The summed E-state index contributed by atoms with van der Waals surface area (Å²) in [5, 5.41) is 8.97. The Kier molecular flexibility index (Phi) is 8.69. The zero-order valence-corrected chi connectivity index (χ0v) is 13.5. The number of rotatable bonds is 6. The maximum absolute atomic E-state index is 11.7. The minimum Gasteiger partial charge on any atom is -0.352 e. The van der Waals surface area contributed by atoms with Crippen LogP contribution in [0.3, 0.4) is 0 Å². The highest BCUT2D eigenvalue weighted by atomic mass is 35.5. The Labute approximate surface area is 133 Å². The highest BCUT2D eigenvalue weighted by molar-refractivity contribution is 5.85. The fraction of sp³-hybridized carbons (Fsp3) is 0.867. The molecule has 1 aliphatic carbocycles. The molecule has 0 atom stereocenters. The fourth-order valence-electron chi connectivity index (χ4n) is 3.15. The molecule has 0 aromatic carbocycles. The second-order valence-electron chi connectivity index (χ2n) is 6.06. The van der Waals surface area contributed by atoms with Crippen LogP contribution in [0.15, 0.2) is 0 Å². The smallest absolute Gasteiger partial charge is 0.239 e. The first-order chi connectivity index (χ1) is 9.74. The van der Waals surface area contributed by atoms with Crippen LogP contribution < -0.4 is 16.0 Å². The molecular weight excluding hydrogens is 290 g/mol. The number of nitrogens with one attached hydrogen (secondary N) is 3. The lowest BCUT2D eigenvalue weighted by atomic mass is 10.0. The summed E-state index contributed by atoms with van der Waals surface area (Å²) in [6.07, 6.45) is 8.64. The maximum Gasteiger partial charge on any atom is 0.239 e. The third-order valence-electron chi connectivity index (χ3n) is 4.40. The van der Waals surface area contributed by atoms with E-state index >= 15 is 0 Å². The highest BCUT2D eigenvalue weighted by Gasteiger charge is 2.17. The molecule has 1 heterocycles. The third kappa shape index (κ3) is 7.14. The van der Waals surface area contributed by atoms with Crippen LogP contribution in [0.1, 0.15) is 51.4 Å². The molecule has 0 unspecified atom stereocenters. The summed E-state index contributed by atoms with van der Waals surface area (Å²) in [5.41, 5.74) is 0. The zero-order valence-electron chi connectivity index (χ0n) is 12.7. The second kappa shape index (κ2) is 10.0. The number of hydrogen-bond donors (Lipinski definition) is 3. The molecule has 21 heavy (non-hydrogen) atoms. The van der Waals surface area contributed by atoms with Gasteiger partial charge < -0.3 is 16.0 Å². The monoisotopic (exact) mass is 317 g/mol. The standard InChI is InChI=1S/C15H27N3O2.ClH/c19-14(6-5-12-3-1-2-4-12)17-11-15(20)18-13-7-9-16-10-8-13;/h12-13,16H,1-11H2,(H,17,19)(H,18,20);1H. The molecule has 5 nitrogen and oxygen atoms in total. The van der Waals surface area contributed by atoms with Crippen LogP contribution >= 0.6 is 12.4 Å². The molecule has 2 rings (SSSR count). The van der Waals surface area contributed by atoms with Crippen molar-refractivity contribution < 1.29 is 9.59 Å². The van der Waals surface area contributed by atoms with Gasteiger partial charge >= 0.3 is 0 Å². The molecular formula is C15H28ClN3O2. The summed E-state index contributed by atoms with van der Waals surface area (Å²) in [6.45, 7) is 2.03. The predicted octanol–water partition coefficient (Wildman–Crippen LogP) is 1.36. The lowest BCUT2D eigenvalue weighted by Crippen LogP contribution is -2.46. The minimum atomic E-state index is -0.0638. The molecule has 6 heteroatoms. The van der Waals surface area contributed by atoms with E-state index in [4.69, 9.17) is 0 Å². The molecule has 2 amide bonds. The van der Waals surface area contributed by atoms with Crippen LogP contribution in [0.5, 0.6) is 0 Å². The Morgan fingerprint density at radius 2 is 1.67 bits per heavy atom. The molecule has 3 N–H and O–H groups in total. The van der Waals surface area contributed by atoms with Gasteiger partial charge in [-0.25, -0.2) is 0 Å². The number of carbonyl (C=O) groups excluding carboxylic acids is 2. The summed E-state index contributed by atoms with van der Waals surface area (Å²) in [7, 11) is 0. The number of halogens is 1. The maximum atomic E-state index is 11.7. The Morgan fingerprint density at radius 3 is 2.33 bits per heavy atom. The molecule has 1 saturated carbocycles. The molecule has 0 bridgehead atoms. The van der Waals surface area contributed by atoms with Gasteiger partial charge in [0.2, 0.25) is 11.8 Å². The van der Waals surface area contributed by atoms with E-state index in [0.29, 0.717) is 6.42 Å². The van der Waals surface area contributed by atoms with Crippen molar-refractivity contribution in [2.24, 2.45) is 5.92 Å². The van der Waals surface area contributed by atoms with Crippen LogP contribution in [-0.2, 0) is 9.59 Å². The van der Waals surface area contributed by atoms with Gasteiger partial charge in [0, 0.05) is 12.5 Å². The van der Waals surface area contributed by atoms with Gasteiger partial charge in [0.25, 0.3) is 0 Å². The summed E-state index contributed by atoms with van der Waals surface area (Å²) in [5.74, 6) is 0.674. The van der Waals surface area contributed by atoms with Gasteiger partial charge in [-0.1, -0.05) is 25.7 Å². The van der Waals surface area contributed by atoms with Gasteiger partial charge in [-0.15, -0.1) is 12.4 Å². The van der Waals surface area contributed by atoms with Crippen LogP contribution in [0, 0.1) is 5.92 Å². The van der Waals surface area contributed by atoms with Gasteiger partial charge in [0.05, 0.1) is 6.54 Å². The van der Waals surface area contributed by atoms with Crippen molar-refractivity contribution in [1.82, 2.24) is 16.0 Å². The summed E-state index contributed by atoms with van der Waals surface area (Å²) in [4.78, 5) is 23.4. The largest absolute Gasteiger partial charge is 0.352 e. The van der Waals surface area contributed by atoms with E-state index in [0.717, 1.165) is 38.3 Å². The molecule has 1 saturated heterocycles. The molecule has 0 aromatic heterocycles. The van der Waals surface area contributed by atoms with Crippen molar-refractivity contribution in [3.05, 3.63) is 0 Å². The topological polar surface area (TPSA) is 70.2 Å². The summed E-state index contributed by atoms with van der Waals surface area (Å²) >= 11 is 0. The van der Waals surface area contributed by atoms with E-state index in [-0.39, 0.29) is 36.8 Å². The van der Waals surface area contributed by atoms with Gasteiger partial charge in [-0.05, 0) is 38.3 Å². The van der Waals surface area contributed by atoms with Crippen LogP contribution in [0.4, 0.5) is 0 Å². The van der Waals surface area contributed by atoms with E-state index in [2.05, 4.69) is 16.0 Å². The first-order valence-electron chi connectivity index (χ1n) is 8.01. The number of carbonyl (C=O) groups is 2. The lowest BCUT2D eigenvalue weighted by molar-refractivity contribution is -0.126. The Bertz CT molecular complexity index is 327. The van der Waals surface area contributed by atoms with Gasteiger partial charge in [-0.3, -0.25) is 9.59 Å². The van der Waals surface area contributed by atoms with Crippen LogP contribution in [0.2, 0.25) is 0 Å². The molecule has 2 aliphatic rings. The number of amides is 2. The number of hydrogen-bond acceptors (Lipinski definition) is 3. The van der Waals surface area contributed by atoms with Crippen molar-refractivity contribution >= 4 is 24.2 Å². The molecule has 122 valence electrons. The van der Waals surface area contributed by atoms with Crippen molar-refractivity contribution in [1.29, 1.82) is 0 Å². The Balaban J connectivity index is 0.00000220. The van der Waals surface area contributed by atoms with Crippen molar-refractivity contribution in [3.63, 3.8) is 0 Å². The molecule has 0 aromatic rings. The Hall–Kier alpha value is -0.810. The lowest BCUT2D eigenvalue weighted by Gasteiger charge is -2.23. The van der Waals surface area contributed by atoms with Gasteiger partial charge in [-0.2, -0.15) is 0 Å². The van der Waals surface area contributed by atoms with Crippen LogP contribution in [0.25, 0.3) is 0 Å². The molecule has 1 aliphatic heterocycles. The van der Waals surface area contributed by atoms with E-state index in [1.54, 1.807) is 0 Å². The van der Waals surface area contributed by atoms with Crippen molar-refractivity contribution in [2.45, 2.75) is 57.4 Å². The SMILES string of the molecule is Cl.O=C(CCC1CCCC1)NCC(=O)NC1CCNCC1. The number of piperidine rings is 1. The normalized spacial score (nSPS) is 19.8. The van der Waals surface area contributed by atoms with Crippen LogP contribution in [-0.4, -0.2) is 37.5 Å².